The van der Waals surface area contributed by atoms with Gasteiger partial charge >= 0.3 is 5.97 Å². The summed E-state index contributed by atoms with van der Waals surface area (Å²) in [6, 6.07) is 0. The Morgan fingerprint density at radius 1 is 1.32 bits per heavy atom. The van der Waals surface area contributed by atoms with Gasteiger partial charge in [0, 0.05) is 16.7 Å². The Kier molecular flexibility index (Phi) is 6.78. The van der Waals surface area contributed by atoms with Crippen molar-refractivity contribution in [2.75, 3.05) is 6.61 Å². The average molecular weight is 269 g/mol. The summed E-state index contributed by atoms with van der Waals surface area (Å²) in [5.74, 6) is 0.155. The number of ether oxygens (including phenoxy) is 1. The molecule has 0 aromatic heterocycles. The molecule has 0 aromatic carbocycles. The SMILES string of the molecule is C=C(C)C(=O)OCCC(C)(NC(C)(C)CC)C(C)C. The van der Waals surface area contributed by atoms with E-state index < -0.39 is 0 Å². The molecule has 1 N–H and O–H groups in total. The molecule has 0 radical (unpaired) electrons. The molecule has 0 aliphatic carbocycles. The van der Waals surface area contributed by atoms with E-state index in [2.05, 4.69) is 53.4 Å². The second-order valence-corrected chi connectivity index (χ2v) is 6.60. The van der Waals surface area contributed by atoms with Crippen LogP contribution in [0.5, 0.6) is 0 Å². The topological polar surface area (TPSA) is 38.3 Å². The van der Waals surface area contributed by atoms with E-state index in [4.69, 9.17) is 4.74 Å². The molecule has 3 heteroatoms. The average Bonchev–Trinajstić information content (AvgIpc) is 2.27. The molecule has 0 aliphatic rings. The lowest BCUT2D eigenvalue weighted by Gasteiger charge is -2.42. The summed E-state index contributed by atoms with van der Waals surface area (Å²) in [5, 5.41) is 3.71. The molecule has 0 amide bonds. The van der Waals surface area contributed by atoms with Crippen molar-refractivity contribution < 1.29 is 9.53 Å². The van der Waals surface area contributed by atoms with Crippen molar-refractivity contribution in [3.63, 3.8) is 0 Å². The van der Waals surface area contributed by atoms with Crippen molar-refractivity contribution in [1.82, 2.24) is 5.32 Å². The van der Waals surface area contributed by atoms with Crippen LogP contribution in [0, 0.1) is 5.92 Å². The van der Waals surface area contributed by atoms with E-state index >= 15 is 0 Å². The van der Waals surface area contributed by atoms with Crippen LogP contribution >= 0.6 is 0 Å². The Morgan fingerprint density at radius 3 is 2.21 bits per heavy atom. The van der Waals surface area contributed by atoms with Crippen molar-refractivity contribution in [2.24, 2.45) is 5.92 Å². The van der Waals surface area contributed by atoms with E-state index in [0.717, 1.165) is 12.8 Å². The van der Waals surface area contributed by atoms with Crippen LogP contribution in [-0.4, -0.2) is 23.7 Å². The molecule has 0 spiro atoms. The molecule has 0 heterocycles. The quantitative estimate of drug-likeness (QED) is 0.539. The first-order valence-corrected chi connectivity index (χ1v) is 7.16. The minimum absolute atomic E-state index is 0.0468. The summed E-state index contributed by atoms with van der Waals surface area (Å²) >= 11 is 0. The van der Waals surface area contributed by atoms with Crippen molar-refractivity contribution >= 4 is 5.97 Å². The van der Waals surface area contributed by atoms with Crippen LogP contribution in [0.4, 0.5) is 0 Å². The molecule has 0 saturated carbocycles. The zero-order valence-electron chi connectivity index (χ0n) is 13.7. The van der Waals surface area contributed by atoms with Gasteiger partial charge in [-0.05, 0) is 46.5 Å². The summed E-state index contributed by atoms with van der Waals surface area (Å²) in [6.45, 7) is 18.8. The smallest absolute Gasteiger partial charge is 0.333 e. The van der Waals surface area contributed by atoms with E-state index in [1.165, 1.54) is 0 Å². The highest BCUT2D eigenvalue weighted by atomic mass is 16.5. The zero-order valence-corrected chi connectivity index (χ0v) is 13.7. The lowest BCUT2D eigenvalue weighted by molar-refractivity contribution is -0.139. The maximum atomic E-state index is 11.4. The molecular weight excluding hydrogens is 238 g/mol. The van der Waals surface area contributed by atoms with Gasteiger partial charge in [-0.1, -0.05) is 27.4 Å². The number of carbonyl (C=O) groups is 1. The van der Waals surface area contributed by atoms with Gasteiger partial charge in [-0.3, -0.25) is 0 Å². The van der Waals surface area contributed by atoms with E-state index in [0.29, 0.717) is 18.1 Å². The highest BCUT2D eigenvalue weighted by Gasteiger charge is 2.33. The highest BCUT2D eigenvalue weighted by Crippen LogP contribution is 2.25. The van der Waals surface area contributed by atoms with Gasteiger partial charge in [0.15, 0.2) is 0 Å². The summed E-state index contributed by atoms with van der Waals surface area (Å²) in [6.07, 6.45) is 1.86. The lowest BCUT2D eigenvalue weighted by Crippen LogP contribution is -2.56. The van der Waals surface area contributed by atoms with Crippen LogP contribution in [0.15, 0.2) is 12.2 Å². The van der Waals surface area contributed by atoms with Gasteiger partial charge in [-0.2, -0.15) is 0 Å². The fraction of sp³-hybridized carbons (Fsp3) is 0.812. The van der Waals surface area contributed by atoms with Crippen molar-refractivity contribution in [2.45, 2.75) is 72.4 Å². The molecule has 0 rings (SSSR count). The second-order valence-electron chi connectivity index (χ2n) is 6.60. The molecule has 112 valence electrons. The van der Waals surface area contributed by atoms with Crippen LogP contribution < -0.4 is 5.32 Å². The zero-order chi connectivity index (χ0) is 15.3. The van der Waals surface area contributed by atoms with Gasteiger partial charge in [0.2, 0.25) is 0 Å². The molecule has 0 aromatic rings. The molecule has 0 aliphatic heterocycles. The minimum atomic E-state index is -0.305. The first kappa shape index (κ1) is 18.2. The van der Waals surface area contributed by atoms with Crippen LogP contribution in [0.2, 0.25) is 0 Å². The van der Waals surface area contributed by atoms with Gasteiger partial charge < -0.3 is 10.1 Å². The van der Waals surface area contributed by atoms with Gasteiger partial charge in [-0.25, -0.2) is 4.79 Å². The Morgan fingerprint density at radius 2 is 1.84 bits per heavy atom. The normalized spacial score (nSPS) is 15.2. The van der Waals surface area contributed by atoms with Gasteiger partial charge in [0.25, 0.3) is 0 Å². The Hall–Kier alpha value is -0.830. The van der Waals surface area contributed by atoms with Crippen LogP contribution in [0.3, 0.4) is 0 Å². The maximum absolute atomic E-state index is 11.4. The van der Waals surface area contributed by atoms with Crippen molar-refractivity contribution in [3.05, 3.63) is 12.2 Å². The van der Waals surface area contributed by atoms with E-state index in [9.17, 15) is 4.79 Å². The number of esters is 1. The third kappa shape index (κ3) is 6.24. The molecule has 19 heavy (non-hydrogen) atoms. The minimum Gasteiger partial charge on any atom is -0.462 e. The van der Waals surface area contributed by atoms with Gasteiger partial charge in [-0.15, -0.1) is 0 Å². The van der Waals surface area contributed by atoms with Crippen molar-refractivity contribution in [1.29, 1.82) is 0 Å². The molecule has 1 unspecified atom stereocenters. The Labute approximate surface area is 118 Å². The molecule has 3 nitrogen and oxygen atoms in total. The Bertz CT molecular complexity index is 321. The lowest BCUT2D eigenvalue weighted by atomic mass is 9.82. The second kappa shape index (κ2) is 7.09. The Balaban J connectivity index is 4.56. The summed E-state index contributed by atoms with van der Waals surface area (Å²) in [7, 11) is 0. The fourth-order valence-electron chi connectivity index (χ4n) is 1.84. The van der Waals surface area contributed by atoms with Crippen LogP contribution in [-0.2, 0) is 9.53 Å². The predicted octanol–water partition coefficient (Wildman–Crippen LogP) is 3.69. The number of hydrogen-bond acceptors (Lipinski definition) is 3. The van der Waals surface area contributed by atoms with Crippen LogP contribution in [0.1, 0.15) is 61.3 Å². The molecular formula is C16H31NO2. The summed E-state index contributed by atoms with van der Waals surface area (Å²) < 4.78 is 5.22. The maximum Gasteiger partial charge on any atom is 0.333 e. The molecule has 0 bridgehead atoms. The first-order valence-electron chi connectivity index (χ1n) is 7.16. The third-order valence-electron chi connectivity index (χ3n) is 3.99. The first-order chi connectivity index (χ1) is 8.54. The predicted molar refractivity (Wildman–Crippen MR) is 81.1 cm³/mol. The fourth-order valence-corrected chi connectivity index (χ4v) is 1.84. The number of rotatable bonds is 8. The van der Waals surface area contributed by atoms with Gasteiger partial charge in [0.05, 0.1) is 6.61 Å². The monoisotopic (exact) mass is 269 g/mol. The number of nitrogens with one attached hydrogen (secondary N) is 1. The highest BCUT2D eigenvalue weighted by molar-refractivity contribution is 5.86. The van der Waals surface area contributed by atoms with Crippen LogP contribution in [0.25, 0.3) is 0 Å². The summed E-state index contributed by atoms with van der Waals surface area (Å²) in [5.41, 5.74) is 0.486. The largest absolute Gasteiger partial charge is 0.462 e. The molecule has 1 atom stereocenters. The van der Waals surface area contributed by atoms with Crippen molar-refractivity contribution in [3.8, 4) is 0 Å². The number of carbonyl (C=O) groups excluding carboxylic acids is 1. The molecule has 0 saturated heterocycles. The van der Waals surface area contributed by atoms with E-state index in [-0.39, 0.29) is 17.0 Å². The standard InChI is InChI=1S/C16H31NO2/c1-9-15(6,7)17-16(8,13(4)5)10-11-19-14(18)12(2)3/h13,17H,2,9-11H2,1,3-8H3. The van der Waals surface area contributed by atoms with E-state index in [1.807, 2.05) is 0 Å². The van der Waals surface area contributed by atoms with Gasteiger partial charge in [0.1, 0.15) is 0 Å². The molecule has 0 fully saturated rings. The summed E-state index contributed by atoms with van der Waals surface area (Å²) in [4.78, 5) is 11.4. The van der Waals surface area contributed by atoms with E-state index in [1.54, 1.807) is 6.92 Å². The third-order valence-corrected chi connectivity index (χ3v) is 3.99. The number of hydrogen-bond donors (Lipinski definition) is 1.